The molecule has 2 heteroatoms. The van der Waals surface area contributed by atoms with Crippen LogP contribution in [0.4, 0.5) is 4.39 Å². The Balaban J connectivity index is 2.94. The average molecular weight is 126 g/mol. The van der Waals surface area contributed by atoms with E-state index in [2.05, 4.69) is 5.73 Å². The summed E-state index contributed by atoms with van der Waals surface area (Å²) in [5.74, 6) is -0.184. The van der Waals surface area contributed by atoms with Crippen molar-refractivity contribution < 1.29 is 10.1 Å². The minimum atomic E-state index is -0.184. The Hall–Kier alpha value is -0.890. The van der Waals surface area contributed by atoms with Crippen molar-refractivity contribution in [1.29, 1.82) is 0 Å². The van der Waals surface area contributed by atoms with Crippen LogP contribution >= 0.6 is 0 Å². The molecule has 1 nitrogen and oxygen atoms in total. The van der Waals surface area contributed by atoms with Crippen molar-refractivity contribution in [2.45, 2.75) is 6.54 Å². The van der Waals surface area contributed by atoms with Crippen molar-refractivity contribution in [3.63, 3.8) is 0 Å². The smallest absolute Gasteiger partial charge is 0.123 e. The number of halogens is 1. The van der Waals surface area contributed by atoms with E-state index >= 15 is 0 Å². The van der Waals surface area contributed by atoms with E-state index in [0.29, 0.717) is 6.54 Å². The van der Waals surface area contributed by atoms with Crippen molar-refractivity contribution in [3.8, 4) is 0 Å². The van der Waals surface area contributed by atoms with E-state index in [4.69, 9.17) is 0 Å². The van der Waals surface area contributed by atoms with Gasteiger partial charge in [0.25, 0.3) is 0 Å². The molecule has 0 radical (unpaired) electrons. The zero-order chi connectivity index (χ0) is 6.69. The van der Waals surface area contributed by atoms with Crippen molar-refractivity contribution in [2.24, 2.45) is 0 Å². The van der Waals surface area contributed by atoms with Crippen LogP contribution in [0.2, 0.25) is 0 Å². The highest BCUT2D eigenvalue weighted by Gasteiger charge is 1.91. The first-order valence-corrected chi connectivity index (χ1v) is 2.86. The summed E-state index contributed by atoms with van der Waals surface area (Å²) in [6, 6.07) is 6.47. The topological polar surface area (TPSA) is 27.6 Å². The quantitative estimate of drug-likeness (QED) is 0.569. The first-order valence-electron chi connectivity index (χ1n) is 2.86. The van der Waals surface area contributed by atoms with E-state index in [9.17, 15) is 4.39 Å². The molecule has 0 fully saturated rings. The molecule has 48 valence electrons. The lowest BCUT2D eigenvalue weighted by Gasteiger charge is -1.90. The van der Waals surface area contributed by atoms with E-state index in [-0.39, 0.29) is 5.82 Å². The van der Waals surface area contributed by atoms with Crippen LogP contribution in [0.5, 0.6) is 0 Å². The SMILES string of the molecule is [NH3+]Cc1cccc(F)c1. The molecule has 0 amide bonds. The minimum absolute atomic E-state index is 0.184. The van der Waals surface area contributed by atoms with Gasteiger partial charge in [-0.2, -0.15) is 0 Å². The Labute approximate surface area is 53.3 Å². The van der Waals surface area contributed by atoms with Gasteiger partial charge in [0.15, 0.2) is 0 Å². The molecular formula is C7H9FN+. The predicted octanol–water partition coefficient (Wildman–Crippen LogP) is 0.568. The summed E-state index contributed by atoms with van der Waals surface area (Å²) in [6.45, 7) is 0.651. The van der Waals surface area contributed by atoms with Crippen LogP contribution in [0, 0.1) is 5.82 Å². The molecule has 0 aliphatic rings. The maximum atomic E-state index is 12.3. The Morgan fingerprint density at radius 1 is 1.44 bits per heavy atom. The Morgan fingerprint density at radius 3 is 2.67 bits per heavy atom. The van der Waals surface area contributed by atoms with Crippen LogP contribution in [0.3, 0.4) is 0 Å². The van der Waals surface area contributed by atoms with Gasteiger partial charge in [0.2, 0.25) is 0 Å². The van der Waals surface area contributed by atoms with Crippen LogP contribution in [0.15, 0.2) is 24.3 Å². The monoisotopic (exact) mass is 126 g/mol. The van der Waals surface area contributed by atoms with E-state index in [1.165, 1.54) is 12.1 Å². The molecule has 0 heterocycles. The van der Waals surface area contributed by atoms with Crippen molar-refractivity contribution in [2.75, 3.05) is 0 Å². The van der Waals surface area contributed by atoms with Crippen molar-refractivity contribution in [3.05, 3.63) is 35.6 Å². The predicted molar refractivity (Wildman–Crippen MR) is 33.0 cm³/mol. The van der Waals surface area contributed by atoms with Gasteiger partial charge in [-0.3, -0.25) is 0 Å². The molecule has 0 spiro atoms. The van der Waals surface area contributed by atoms with Gasteiger partial charge in [-0.05, 0) is 12.1 Å². The number of quaternary nitrogens is 1. The molecule has 1 aromatic rings. The molecule has 0 saturated heterocycles. The van der Waals surface area contributed by atoms with Crippen LogP contribution in [-0.4, -0.2) is 0 Å². The highest BCUT2D eigenvalue weighted by Crippen LogP contribution is 2.00. The first kappa shape index (κ1) is 6.23. The Bertz CT molecular complexity index is 198. The molecule has 0 saturated carbocycles. The fraction of sp³-hybridized carbons (Fsp3) is 0.143. The second kappa shape index (κ2) is 2.60. The third-order valence-corrected chi connectivity index (χ3v) is 1.18. The summed E-state index contributed by atoms with van der Waals surface area (Å²) in [7, 11) is 0. The van der Waals surface area contributed by atoms with Gasteiger partial charge in [0.05, 0.1) is 6.54 Å². The molecule has 3 N–H and O–H groups in total. The third-order valence-electron chi connectivity index (χ3n) is 1.18. The maximum Gasteiger partial charge on any atom is 0.123 e. The first-order chi connectivity index (χ1) is 4.33. The highest BCUT2D eigenvalue weighted by atomic mass is 19.1. The summed E-state index contributed by atoms with van der Waals surface area (Å²) in [6.07, 6.45) is 0. The Kier molecular flexibility index (Phi) is 1.80. The lowest BCUT2D eigenvalue weighted by Crippen LogP contribution is -2.47. The fourth-order valence-electron chi connectivity index (χ4n) is 0.692. The van der Waals surface area contributed by atoms with Gasteiger partial charge in [0, 0.05) is 5.56 Å². The fourth-order valence-corrected chi connectivity index (χ4v) is 0.692. The van der Waals surface area contributed by atoms with Gasteiger partial charge >= 0.3 is 0 Å². The second-order valence-electron chi connectivity index (χ2n) is 1.88. The largest absolute Gasteiger partial charge is 0.354 e. The van der Waals surface area contributed by atoms with E-state index in [1.54, 1.807) is 6.07 Å². The molecule has 9 heavy (non-hydrogen) atoms. The summed E-state index contributed by atoms with van der Waals surface area (Å²) in [4.78, 5) is 0. The van der Waals surface area contributed by atoms with Gasteiger partial charge in [0.1, 0.15) is 5.82 Å². The van der Waals surface area contributed by atoms with Crippen molar-refractivity contribution in [1.82, 2.24) is 0 Å². The maximum absolute atomic E-state index is 12.3. The average Bonchev–Trinajstić information content (AvgIpc) is 1.88. The Morgan fingerprint density at radius 2 is 2.22 bits per heavy atom. The zero-order valence-electron chi connectivity index (χ0n) is 5.10. The minimum Gasteiger partial charge on any atom is -0.354 e. The molecule has 1 rings (SSSR count). The number of hydrogen-bond donors (Lipinski definition) is 1. The lowest BCUT2D eigenvalue weighted by molar-refractivity contribution is -0.386. The number of hydrogen-bond acceptors (Lipinski definition) is 0. The van der Waals surface area contributed by atoms with E-state index in [0.717, 1.165) is 5.56 Å². The van der Waals surface area contributed by atoms with Crippen LogP contribution < -0.4 is 5.73 Å². The standard InChI is InChI=1S/C7H8FN/c8-7-3-1-2-6(4-7)5-9/h1-4H,5,9H2/p+1. The summed E-state index contributed by atoms with van der Waals surface area (Å²) in [5.41, 5.74) is 4.57. The molecule has 0 unspecified atom stereocenters. The molecule has 0 aliphatic carbocycles. The summed E-state index contributed by atoms with van der Waals surface area (Å²) >= 11 is 0. The molecule has 0 atom stereocenters. The van der Waals surface area contributed by atoms with Gasteiger partial charge < -0.3 is 5.73 Å². The van der Waals surface area contributed by atoms with Crippen LogP contribution in [-0.2, 0) is 6.54 Å². The van der Waals surface area contributed by atoms with Gasteiger partial charge in [-0.25, -0.2) is 4.39 Å². The van der Waals surface area contributed by atoms with E-state index in [1.807, 2.05) is 6.07 Å². The molecular weight excluding hydrogens is 117 g/mol. The van der Waals surface area contributed by atoms with Gasteiger partial charge in [-0.1, -0.05) is 12.1 Å². The summed E-state index contributed by atoms with van der Waals surface area (Å²) < 4.78 is 12.3. The molecule has 0 aromatic heterocycles. The lowest BCUT2D eigenvalue weighted by atomic mass is 10.2. The zero-order valence-corrected chi connectivity index (χ0v) is 5.10. The number of rotatable bonds is 1. The second-order valence-corrected chi connectivity index (χ2v) is 1.88. The normalized spacial score (nSPS) is 9.56. The third kappa shape index (κ3) is 1.50. The number of benzene rings is 1. The summed E-state index contributed by atoms with van der Waals surface area (Å²) in [5, 5.41) is 0. The van der Waals surface area contributed by atoms with Crippen LogP contribution in [0.1, 0.15) is 5.56 Å². The van der Waals surface area contributed by atoms with Gasteiger partial charge in [-0.15, -0.1) is 0 Å². The molecule has 0 bridgehead atoms. The molecule has 0 aliphatic heterocycles. The van der Waals surface area contributed by atoms with Crippen molar-refractivity contribution >= 4 is 0 Å². The van der Waals surface area contributed by atoms with Crippen LogP contribution in [0.25, 0.3) is 0 Å². The van der Waals surface area contributed by atoms with E-state index < -0.39 is 0 Å². The molecule has 1 aromatic carbocycles. The highest BCUT2D eigenvalue weighted by molar-refractivity contribution is 5.14.